The van der Waals surface area contributed by atoms with Crippen LogP contribution in [-0.4, -0.2) is 29.5 Å². The average Bonchev–Trinajstić information content (AvgIpc) is 2.17. The van der Waals surface area contributed by atoms with Gasteiger partial charge in [0.15, 0.2) is 0 Å². The fourth-order valence-corrected chi connectivity index (χ4v) is 1.03. The van der Waals surface area contributed by atoms with E-state index in [1.54, 1.807) is 0 Å². The Hall–Kier alpha value is -0.120. The Labute approximate surface area is 87.6 Å². The van der Waals surface area contributed by atoms with Crippen molar-refractivity contribution < 1.29 is 9.84 Å². The average molecular weight is 203 g/mol. The van der Waals surface area contributed by atoms with E-state index in [0.717, 1.165) is 19.3 Å². The van der Waals surface area contributed by atoms with Crippen LogP contribution < -0.4 is 5.73 Å². The maximum Gasteiger partial charge on any atom is 0.0874 e. The summed E-state index contributed by atoms with van der Waals surface area (Å²) in [5.41, 5.74) is 4.97. The molecule has 86 valence electrons. The van der Waals surface area contributed by atoms with E-state index < -0.39 is 5.60 Å². The minimum atomic E-state index is -0.677. The third-order valence-corrected chi connectivity index (χ3v) is 2.93. The predicted molar refractivity (Wildman–Crippen MR) is 59.2 cm³/mol. The lowest BCUT2D eigenvalue weighted by Crippen LogP contribution is -2.43. The Morgan fingerprint density at radius 2 is 1.57 bits per heavy atom. The van der Waals surface area contributed by atoms with Crippen LogP contribution in [0.25, 0.3) is 0 Å². The minimum Gasteiger partial charge on any atom is -0.388 e. The molecule has 0 spiro atoms. The molecule has 0 amide bonds. The van der Waals surface area contributed by atoms with Gasteiger partial charge >= 0.3 is 0 Å². The zero-order valence-corrected chi connectivity index (χ0v) is 9.97. The largest absolute Gasteiger partial charge is 0.388 e. The summed E-state index contributed by atoms with van der Waals surface area (Å²) in [6.07, 6.45) is 2.32. The van der Waals surface area contributed by atoms with Crippen LogP contribution in [0, 0.1) is 0 Å². The molecule has 0 radical (unpaired) electrons. The maximum absolute atomic E-state index is 9.93. The van der Waals surface area contributed by atoms with Gasteiger partial charge in [0.05, 0.1) is 18.8 Å². The monoisotopic (exact) mass is 203 g/mol. The summed E-state index contributed by atoms with van der Waals surface area (Å²) < 4.78 is 5.46. The summed E-state index contributed by atoms with van der Waals surface area (Å²) in [4.78, 5) is 0. The smallest absolute Gasteiger partial charge is 0.0874 e. The fourth-order valence-electron chi connectivity index (χ4n) is 1.03. The van der Waals surface area contributed by atoms with Crippen molar-refractivity contribution in [2.75, 3.05) is 13.2 Å². The maximum atomic E-state index is 9.93. The molecule has 3 nitrogen and oxygen atoms in total. The molecule has 14 heavy (non-hydrogen) atoms. The van der Waals surface area contributed by atoms with E-state index >= 15 is 0 Å². The van der Waals surface area contributed by atoms with Crippen molar-refractivity contribution >= 4 is 0 Å². The first-order valence-corrected chi connectivity index (χ1v) is 5.48. The third-order valence-electron chi connectivity index (χ3n) is 2.93. The summed E-state index contributed by atoms with van der Waals surface area (Å²) in [5.74, 6) is 0. The van der Waals surface area contributed by atoms with Crippen LogP contribution in [0.15, 0.2) is 0 Å². The molecule has 0 aromatic carbocycles. The highest BCUT2D eigenvalue weighted by molar-refractivity contribution is 4.78. The zero-order valence-electron chi connectivity index (χ0n) is 9.97. The molecule has 0 aromatic heterocycles. The molecule has 0 aliphatic rings. The quantitative estimate of drug-likeness (QED) is 0.662. The number of hydrogen-bond donors (Lipinski definition) is 2. The molecule has 0 fully saturated rings. The van der Waals surface area contributed by atoms with Crippen LogP contribution in [0.4, 0.5) is 0 Å². The van der Waals surface area contributed by atoms with Crippen LogP contribution >= 0.6 is 0 Å². The molecule has 3 N–H and O–H groups in total. The summed E-state index contributed by atoms with van der Waals surface area (Å²) in [5, 5.41) is 9.93. The summed E-state index contributed by atoms with van der Waals surface area (Å²) in [6, 6.07) is 0. The molecular weight excluding hydrogens is 178 g/mol. The van der Waals surface area contributed by atoms with Crippen molar-refractivity contribution in [2.24, 2.45) is 5.73 Å². The molecule has 1 unspecified atom stereocenters. The fraction of sp³-hybridized carbons (Fsp3) is 1.00. The van der Waals surface area contributed by atoms with E-state index in [-0.39, 0.29) is 5.54 Å². The van der Waals surface area contributed by atoms with Crippen LogP contribution in [0.5, 0.6) is 0 Å². The normalized spacial score (nSPS) is 16.7. The molecule has 0 rings (SSSR count). The Kier molecular flexibility index (Phi) is 5.64. The van der Waals surface area contributed by atoms with Crippen LogP contribution in [0.3, 0.4) is 0 Å². The Morgan fingerprint density at radius 3 is 1.93 bits per heavy atom. The first kappa shape index (κ1) is 13.9. The SMILES string of the molecule is CCC(C)(N)COCC(O)(CC)CC. The second-order valence-corrected chi connectivity index (χ2v) is 4.43. The van der Waals surface area contributed by atoms with E-state index in [9.17, 15) is 5.11 Å². The van der Waals surface area contributed by atoms with Crippen molar-refractivity contribution in [1.29, 1.82) is 0 Å². The topological polar surface area (TPSA) is 55.5 Å². The molecule has 0 heterocycles. The van der Waals surface area contributed by atoms with E-state index in [2.05, 4.69) is 0 Å². The van der Waals surface area contributed by atoms with Gasteiger partial charge in [0.1, 0.15) is 0 Å². The number of hydrogen-bond acceptors (Lipinski definition) is 3. The highest BCUT2D eigenvalue weighted by Crippen LogP contribution is 2.16. The van der Waals surface area contributed by atoms with Gasteiger partial charge in [-0.05, 0) is 26.2 Å². The lowest BCUT2D eigenvalue weighted by Gasteiger charge is -2.28. The van der Waals surface area contributed by atoms with Crippen molar-refractivity contribution in [3.8, 4) is 0 Å². The first-order valence-electron chi connectivity index (χ1n) is 5.48. The van der Waals surface area contributed by atoms with Gasteiger partial charge in [0.25, 0.3) is 0 Å². The van der Waals surface area contributed by atoms with Gasteiger partial charge in [0, 0.05) is 5.54 Å². The van der Waals surface area contributed by atoms with Crippen molar-refractivity contribution in [2.45, 2.75) is 58.1 Å². The minimum absolute atomic E-state index is 0.275. The number of ether oxygens (including phenoxy) is 1. The van der Waals surface area contributed by atoms with Crippen LogP contribution in [0.2, 0.25) is 0 Å². The third kappa shape index (κ3) is 4.94. The Balaban J connectivity index is 3.83. The van der Waals surface area contributed by atoms with Gasteiger partial charge in [0.2, 0.25) is 0 Å². The van der Waals surface area contributed by atoms with Gasteiger partial charge in [-0.25, -0.2) is 0 Å². The summed E-state index contributed by atoms with van der Waals surface area (Å²) in [6.45, 7) is 8.82. The standard InChI is InChI=1S/C11H25NO2/c1-5-10(4,12)8-14-9-11(13,6-2)7-3/h13H,5-9,12H2,1-4H3. The van der Waals surface area contributed by atoms with Gasteiger partial charge < -0.3 is 15.6 Å². The molecular formula is C11H25NO2. The van der Waals surface area contributed by atoms with Crippen molar-refractivity contribution in [1.82, 2.24) is 0 Å². The second-order valence-electron chi connectivity index (χ2n) is 4.43. The lowest BCUT2D eigenvalue weighted by molar-refractivity contribution is -0.0601. The Morgan fingerprint density at radius 1 is 1.07 bits per heavy atom. The van der Waals surface area contributed by atoms with Gasteiger partial charge in [-0.15, -0.1) is 0 Å². The highest BCUT2D eigenvalue weighted by Gasteiger charge is 2.24. The van der Waals surface area contributed by atoms with E-state index in [1.807, 2.05) is 27.7 Å². The summed E-state index contributed by atoms with van der Waals surface area (Å²) >= 11 is 0. The molecule has 0 aromatic rings. The lowest BCUT2D eigenvalue weighted by atomic mass is 9.98. The first-order chi connectivity index (χ1) is 6.39. The van der Waals surface area contributed by atoms with Gasteiger partial charge in [-0.2, -0.15) is 0 Å². The van der Waals surface area contributed by atoms with Crippen molar-refractivity contribution in [3.63, 3.8) is 0 Å². The van der Waals surface area contributed by atoms with Gasteiger partial charge in [-0.1, -0.05) is 20.8 Å². The van der Waals surface area contributed by atoms with Gasteiger partial charge in [-0.3, -0.25) is 0 Å². The molecule has 0 bridgehead atoms. The van der Waals surface area contributed by atoms with Crippen molar-refractivity contribution in [3.05, 3.63) is 0 Å². The molecule has 3 heteroatoms. The molecule has 0 aliphatic carbocycles. The predicted octanol–water partition coefficient (Wildman–Crippen LogP) is 1.68. The van der Waals surface area contributed by atoms with Crippen LogP contribution in [0.1, 0.15) is 47.0 Å². The van der Waals surface area contributed by atoms with E-state index in [0.29, 0.717) is 13.2 Å². The summed E-state index contributed by atoms with van der Waals surface area (Å²) in [7, 11) is 0. The number of rotatable bonds is 7. The van der Waals surface area contributed by atoms with E-state index in [4.69, 9.17) is 10.5 Å². The number of aliphatic hydroxyl groups is 1. The number of nitrogens with two attached hydrogens (primary N) is 1. The van der Waals surface area contributed by atoms with E-state index in [1.165, 1.54) is 0 Å². The second kappa shape index (κ2) is 5.69. The molecule has 0 aliphatic heterocycles. The highest BCUT2D eigenvalue weighted by atomic mass is 16.5. The molecule has 1 atom stereocenters. The zero-order chi connectivity index (χ0) is 11.2. The molecule has 0 saturated carbocycles. The molecule has 0 saturated heterocycles. The Bertz CT molecular complexity index is 153. The van der Waals surface area contributed by atoms with Crippen LogP contribution in [-0.2, 0) is 4.74 Å².